The summed E-state index contributed by atoms with van der Waals surface area (Å²) in [5, 5.41) is 0.535. The number of Topliss-reactive ketones (excluding diaryl/α,β-unsaturated/α-hetero) is 1. The fourth-order valence-corrected chi connectivity index (χ4v) is 2.35. The average Bonchev–Trinajstić information content (AvgIpc) is 2.51. The van der Waals surface area contributed by atoms with Gasteiger partial charge in [-0.1, -0.05) is 11.6 Å². The molecule has 0 aliphatic carbocycles. The van der Waals surface area contributed by atoms with Crippen LogP contribution in [0.4, 0.5) is 5.69 Å². The molecule has 1 amide bonds. The highest BCUT2D eigenvalue weighted by atomic mass is 79.9. The lowest BCUT2D eigenvalue weighted by atomic mass is 10.2. The first-order chi connectivity index (χ1) is 7.49. The van der Waals surface area contributed by atoms with Gasteiger partial charge >= 0.3 is 0 Å². The Balaban J connectivity index is 2.45. The molecule has 5 heteroatoms. The van der Waals surface area contributed by atoms with Gasteiger partial charge in [-0.3, -0.25) is 9.59 Å². The van der Waals surface area contributed by atoms with Crippen LogP contribution in [0.3, 0.4) is 0 Å². The number of benzene rings is 1. The molecule has 0 spiro atoms. The number of amides is 1. The van der Waals surface area contributed by atoms with Crippen LogP contribution >= 0.6 is 27.5 Å². The van der Waals surface area contributed by atoms with Crippen LogP contribution < -0.4 is 4.90 Å². The van der Waals surface area contributed by atoms with Crippen molar-refractivity contribution in [2.24, 2.45) is 0 Å². The van der Waals surface area contributed by atoms with Gasteiger partial charge in [-0.15, -0.1) is 0 Å². The molecule has 1 aromatic carbocycles. The van der Waals surface area contributed by atoms with Gasteiger partial charge in [0.05, 0.1) is 18.0 Å². The molecule has 1 saturated heterocycles. The van der Waals surface area contributed by atoms with E-state index in [0.717, 1.165) is 10.0 Å². The molecule has 0 atom stereocenters. The van der Waals surface area contributed by atoms with Crippen molar-refractivity contribution in [3.8, 4) is 0 Å². The summed E-state index contributed by atoms with van der Waals surface area (Å²) in [6.45, 7) is 2.03. The number of hydrogen-bond acceptors (Lipinski definition) is 2. The molecule has 0 unspecified atom stereocenters. The predicted octanol–water partition coefficient (Wildman–Crippen LogP) is 2.72. The quantitative estimate of drug-likeness (QED) is 0.748. The molecule has 1 aromatic rings. The maximum absolute atomic E-state index is 11.6. The third kappa shape index (κ3) is 1.99. The summed E-state index contributed by atoms with van der Waals surface area (Å²) in [5.74, 6) is -0.213. The van der Waals surface area contributed by atoms with Crippen molar-refractivity contribution in [2.75, 3.05) is 11.4 Å². The van der Waals surface area contributed by atoms with Crippen LogP contribution in [0.1, 0.15) is 12.0 Å². The van der Waals surface area contributed by atoms with Gasteiger partial charge < -0.3 is 4.90 Å². The van der Waals surface area contributed by atoms with Crippen molar-refractivity contribution in [1.29, 1.82) is 0 Å². The molecular formula is C11H9BrClNO2. The largest absolute Gasteiger partial charge is 0.304 e. The lowest BCUT2D eigenvalue weighted by molar-refractivity contribution is -0.121. The summed E-state index contributed by atoms with van der Waals surface area (Å²) in [6, 6.07) is 3.55. The number of carbonyl (C=O) groups excluding carboxylic acids is 2. The van der Waals surface area contributed by atoms with Crippen LogP contribution in [-0.4, -0.2) is 18.2 Å². The first-order valence-electron chi connectivity index (χ1n) is 4.77. The second-order valence-electron chi connectivity index (χ2n) is 3.75. The summed E-state index contributed by atoms with van der Waals surface area (Å²) in [6.07, 6.45) is -0.00682. The minimum absolute atomic E-state index is 0.00682. The standard InChI is InChI=1S/C11H9BrClNO2/c1-6-2-8(12)9(13)4-10(6)14-5-7(15)3-11(14)16/h2,4H,3,5H2,1H3. The van der Waals surface area contributed by atoms with Gasteiger partial charge in [0.1, 0.15) is 0 Å². The van der Waals surface area contributed by atoms with Gasteiger partial charge in [0.25, 0.3) is 0 Å². The van der Waals surface area contributed by atoms with E-state index in [2.05, 4.69) is 15.9 Å². The summed E-state index contributed by atoms with van der Waals surface area (Å²) in [5.41, 5.74) is 1.63. The topological polar surface area (TPSA) is 37.4 Å². The minimum Gasteiger partial charge on any atom is -0.304 e. The molecule has 84 valence electrons. The van der Waals surface area contributed by atoms with Crippen molar-refractivity contribution in [3.05, 3.63) is 27.2 Å². The third-order valence-corrected chi connectivity index (χ3v) is 3.71. The Morgan fingerprint density at radius 3 is 2.62 bits per heavy atom. The number of rotatable bonds is 1. The fraction of sp³-hybridized carbons (Fsp3) is 0.273. The molecule has 1 aliphatic heterocycles. The van der Waals surface area contributed by atoms with E-state index in [4.69, 9.17) is 11.6 Å². The highest BCUT2D eigenvalue weighted by Gasteiger charge is 2.29. The maximum atomic E-state index is 11.6. The number of carbonyl (C=O) groups is 2. The molecule has 1 fully saturated rings. The lowest BCUT2D eigenvalue weighted by Gasteiger charge is -2.18. The van der Waals surface area contributed by atoms with E-state index in [-0.39, 0.29) is 24.7 Å². The van der Waals surface area contributed by atoms with Gasteiger partial charge in [-0.05, 0) is 40.5 Å². The van der Waals surface area contributed by atoms with Crippen molar-refractivity contribution >= 4 is 44.9 Å². The van der Waals surface area contributed by atoms with Crippen molar-refractivity contribution in [3.63, 3.8) is 0 Å². The number of halogens is 2. The second-order valence-corrected chi connectivity index (χ2v) is 5.01. The Morgan fingerprint density at radius 2 is 2.06 bits per heavy atom. The smallest absolute Gasteiger partial charge is 0.234 e. The zero-order chi connectivity index (χ0) is 11.9. The molecule has 3 nitrogen and oxygen atoms in total. The van der Waals surface area contributed by atoms with Gasteiger partial charge in [0, 0.05) is 10.2 Å². The van der Waals surface area contributed by atoms with Gasteiger partial charge in [0.2, 0.25) is 5.91 Å². The van der Waals surface area contributed by atoms with E-state index in [1.165, 1.54) is 4.90 Å². The third-order valence-electron chi connectivity index (χ3n) is 2.51. The van der Waals surface area contributed by atoms with Crippen LogP contribution in [0.15, 0.2) is 16.6 Å². The van der Waals surface area contributed by atoms with E-state index in [1.807, 2.05) is 13.0 Å². The zero-order valence-electron chi connectivity index (χ0n) is 8.59. The fourth-order valence-electron chi connectivity index (χ4n) is 1.73. The number of aryl methyl sites for hydroxylation is 1. The van der Waals surface area contributed by atoms with E-state index >= 15 is 0 Å². The summed E-state index contributed by atoms with van der Waals surface area (Å²) in [4.78, 5) is 24.3. The number of hydrogen-bond donors (Lipinski definition) is 0. The van der Waals surface area contributed by atoms with Crippen LogP contribution in [0.5, 0.6) is 0 Å². The molecule has 0 radical (unpaired) electrons. The SMILES string of the molecule is Cc1cc(Br)c(Cl)cc1N1CC(=O)CC1=O. The summed E-state index contributed by atoms with van der Waals surface area (Å²) < 4.78 is 0.786. The Kier molecular flexibility index (Phi) is 3.04. The average molecular weight is 303 g/mol. The van der Waals surface area contributed by atoms with Crippen molar-refractivity contribution < 1.29 is 9.59 Å². The van der Waals surface area contributed by atoms with Gasteiger partial charge in [-0.25, -0.2) is 0 Å². The molecule has 1 aliphatic rings. The summed E-state index contributed by atoms with van der Waals surface area (Å²) >= 11 is 9.29. The molecule has 1 heterocycles. The number of ketones is 1. The molecule has 16 heavy (non-hydrogen) atoms. The Labute approximate surface area is 107 Å². The number of nitrogens with zero attached hydrogens (tertiary/aromatic N) is 1. The highest BCUT2D eigenvalue weighted by Crippen LogP contribution is 2.32. The Bertz CT molecular complexity index is 487. The molecular weight excluding hydrogens is 293 g/mol. The summed E-state index contributed by atoms with van der Waals surface area (Å²) in [7, 11) is 0. The van der Waals surface area contributed by atoms with E-state index < -0.39 is 0 Å². The lowest BCUT2D eigenvalue weighted by Crippen LogP contribution is -2.25. The first kappa shape index (κ1) is 11.6. The number of anilines is 1. The monoisotopic (exact) mass is 301 g/mol. The van der Waals surface area contributed by atoms with Crippen molar-refractivity contribution in [1.82, 2.24) is 0 Å². The van der Waals surface area contributed by atoms with Crippen molar-refractivity contribution in [2.45, 2.75) is 13.3 Å². The Hall–Kier alpha value is -0.870. The van der Waals surface area contributed by atoms with Crippen LogP contribution in [0, 0.1) is 6.92 Å². The minimum atomic E-state index is -0.161. The molecule has 0 bridgehead atoms. The maximum Gasteiger partial charge on any atom is 0.234 e. The van der Waals surface area contributed by atoms with E-state index in [1.54, 1.807) is 6.07 Å². The first-order valence-corrected chi connectivity index (χ1v) is 5.94. The molecule has 0 aromatic heterocycles. The second kappa shape index (κ2) is 4.18. The van der Waals surface area contributed by atoms with Crippen LogP contribution in [0.2, 0.25) is 5.02 Å². The molecule has 2 rings (SSSR count). The van der Waals surface area contributed by atoms with Gasteiger partial charge in [-0.2, -0.15) is 0 Å². The molecule has 0 saturated carbocycles. The predicted molar refractivity (Wildman–Crippen MR) is 65.9 cm³/mol. The van der Waals surface area contributed by atoms with Crippen LogP contribution in [0.25, 0.3) is 0 Å². The Morgan fingerprint density at radius 1 is 1.38 bits per heavy atom. The highest BCUT2D eigenvalue weighted by molar-refractivity contribution is 9.10. The van der Waals surface area contributed by atoms with E-state index in [9.17, 15) is 9.59 Å². The van der Waals surface area contributed by atoms with E-state index in [0.29, 0.717) is 10.7 Å². The van der Waals surface area contributed by atoms with Gasteiger partial charge in [0.15, 0.2) is 5.78 Å². The zero-order valence-corrected chi connectivity index (χ0v) is 10.9. The molecule has 0 N–H and O–H groups in total. The normalized spacial score (nSPS) is 16.1. The van der Waals surface area contributed by atoms with Crippen LogP contribution in [-0.2, 0) is 9.59 Å².